The third-order valence-corrected chi connectivity index (χ3v) is 4.34. The van der Waals surface area contributed by atoms with Crippen molar-refractivity contribution in [1.82, 2.24) is 0 Å². The van der Waals surface area contributed by atoms with Crippen LogP contribution in [0.15, 0.2) is 33.5 Å². The van der Waals surface area contributed by atoms with E-state index in [1.165, 1.54) is 6.07 Å². The first-order valence-corrected chi connectivity index (χ1v) is 9.10. The van der Waals surface area contributed by atoms with E-state index in [9.17, 15) is 9.36 Å². The lowest BCUT2D eigenvalue weighted by molar-refractivity contribution is -0.105. The van der Waals surface area contributed by atoms with Gasteiger partial charge in [0.05, 0.1) is 12.8 Å². The second kappa shape index (κ2) is 6.45. The third-order valence-electron chi connectivity index (χ3n) is 3.58. The summed E-state index contributed by atoms with van der Waals surface area (Å²) in [4.78, 5) is 29.9. The molecule has 1 aromatic carbocycles. The maximum atomic E-state index is 11.6. The van der Waals surface area contributed by atoms with Crippen LogP contribution in [0, 0.1) is 0 Å². The Balaban J connectivity index is 1.93. The number of hydrogen-bond acceptors (Lipinski definition) is 5. The highest BCUT2D eigenvalue weighted by Gasteiger charge is 2.19. The molecule has 1 aliphatic rings. The quantitative estimate of drug-likeness (QED) is 0.650. The highest BCUT2D eigenvalue weighted by atomic mass is 31.2. The molecule has 0 saturated carbocycles. The molecule has 1 unspecified atom stereocenters. The molecule has 7 nitrogen and oxygen atoms in total. The SMILES string of the molecule is O=c1cc(CP(=O)(O)O)c2ccc(OC3CCCCO3)cc2o1. The smallest absolute Gasteiger partial charge is 0.336 e. The van der Waals surface area contributed by atoms with Gasteiger partial charge in [0.25, 0.3) is 0 Å². The Kier molecular flexibility index (Phi) is 4.55. The fourth-order valence-corrected chi connectivity index (χ4v) is 3.30. The van der Waals surface area contributed by atoms with E-state index in [0.29, 0.717) is 17.7 Å². The van der Waals surface area contributed by atoms with Crippen molar-refractivity contribution in [2.24, 2.45) is 0 Å². The Hall–Kier alpha value is -1.66. The van der Waals surface area contributed by atoms with Crippen LogP contribution in [0.2, 0.25) is 0 Å². The van der Waals surface area contributed by atoms with Crippen molar-refractivity contribution in [3.05, 3.63) is 40.2 Å². The highest BCUT2D eigenvalue weighted by Crippen LogP contribution is 2.40. The van der Waals surface area contributed by atoms with Gasteiger partial charge in [-0.05, 0) is 30.5 Å². The van der Waals surface area contributed by atoms with Crippen molar-refractivity contribution in [2.75, 3.05) is 6.61 Å². The standard InChI is InChI=1S/C15H17O7P/c16-14-7-10(9-23(17,18)19)12-5-4-11(8-13(12)22-14)21-15-3-1-2-6-20-15/h4-5,7-8,15H,1-3,6,9H2,(H2,17,18,19). The molecule has 1 saturated heterocycles. The first kappa shape index (κ1) is 16.2. The molecule has 0 bridgehead atoms. The molecule has 2 N–H and O–H groups in total. The molecule has 1 fully saturated rings. The molecule has 23 heavy (non-hydrogen) atoms. The summed E-state index contributed by atoms with van der Waals surface area (Å²) in [7, 11) is -4.28. The minimum absolute atomic E-state index is 0.231. The maximum Gasteiger partial charge on any atom is 0.336 e. The van der Waals surface area contributed by atoms with Crippen molar-refractivity contribution in [1.29, 1.82) is 0 Å². The number of fused-ring (bicyclic) bond motifs is 1. The average Bonchev–Trinajstić information content (AvgIpc) is 2.46. The van der Waals surface area contributed by atoms with E-state index in [4.69, 9.17) is 23.7 Å². The van der Waals surface area contributed by atoms with Crippen molar-refractivity contribution in [2.45, 2.75) is 31.7 Å². The van der Waals surface area contributed by atoms with Gasteiger partial charge in [0, 0.05) is 23.9 Å². The Bertz CT molecular complexity index is 801. The topological polar surface area (TPSA) is 106 Å². The van der Waals surface area contributed by atoms with E-state index < -0.39 is 19.4 Å². The molecule has 0 spiro atoms. The lowest BCUT2D eigenvalue weighted by Crippen LogP contribution is -2.24. The van der Waals surface area contributed by atoms with Crippen molar-refractivity contribution in [3.8, 4) is 5.75 Å². The summed E-state index contributed by atoms with van der Waals surface area (Å²) >= 11 is 0. The Morgan fingerprint density at radius 3 is 2.78 bits per heavy atom. The summed E-state index contributed by atoms with van der Waals surface area (Å²) in [6.45, 7) is 0.653. The summed E-state index contributed by atoms with van der Waals surface area (Å²) < 4.78 is 27.5. The van der Waals surface area contributed by atoms with Crippen LogP contribution in [0.25, 0.3) is 11.0 Å². The average molecular weight is 340 g/mol. The Morgan fingerprint density at radius 1 is 1.26 bits per heavy atom. The molecule has 0 aliphatic carbocycles. The van der Waals surface area contributed by atoms with Crippen LogP contribution in [0.3, 0.4) is 0 Å². The first-order valence-electron chi connectivity index (χ1n) is 7.30. The normalized spacial score (nSPS) is 19.0. The van der Waals surface area contributed by atoms with Gasteiger partial charge in [0.1, 0.15) is 11.3 Å². The van der Waals surface area contributed by atoms with E-state index in [0.717, 1.165) is 25.3 Å². The monoisotopic (exact) mass is 340 g/mol. The number of hydrogen-bond donors (Lipinski definition) is 2. The Labute approximate surface area is 132 Å². The lowest BCUT2D eigenvalue weighted by atomic mass is 10.1. The highest BCUT2D eigenvalue weighted by molar-refractivity contribution is 7.50. The zero-order valence-corrected chi connectivity index (χ0v) is 13.2. The lowest BCUT2D eigenvalue weighted by Gasteiger charge is -2.23. The predicted molar refractivity (Wildman–Crippen MR) is 82.5 cm³/mol. The molecule has 2 heterocycles. The summed E-state index contributed by atoms with van der Waals surface area (Å²) in [5.74, 6) is 0.487. The molecule has 0 amide bonds. The van der Waals surface area contributed by atoms with E-state index >= 15 is 0 Å². The fraction of sp³-hybridized carbons (Fsp3) is 0.400. The van der Waals surface area contributed by atoms with Gasteiger partial charge in [0.2, 0.25) is 0 Å². The number of rotatable bonds is 4. The number of benzene rings is 1. The zero-order chi connectivity index (χ0) is 16.4. The van der Waals surface area contributed by atoms with Crippen molar-refractivity contribution >= 4 is 18.6 Å². The van der Waals surface area contributed by atoms with Crippen molar-refractivity contribution < 1.29 is 28.2 Å². The molecule has 3 rings (SSSR count). The molecule has 1 aliphatic heterocycles. The van der Waals surface area contributed by atoms with Crippen LogP contribution >= 0.6 is 7.60 Å². The van der Waals surface area contributed by atoms with E-state index in [1.807, 2.05) is 0 Å². The zero-order valence-electron chi connectivity index (χ0n) is 12.3. The summed E-state index contributed by atoms with van der Waals surface area (Å²) in [6.07, 6.45) is 1.99. The minimum Gasteiger partial charge on any atom is -0.465 e. The van der Waals surface area contributed by atoms with Gasteiger partial charge in [-0.1, -0.05) is 0 Å². The second-order valence-corrected chi connectivity index (χ2v) is 7.13. The molecule has 2 aromatic rings. The van der Waals surface area contributed by atoms with Crippen molar-refractivity contribution in [3.63, 3.8) is 0 Å². The summed E-state index contributed by atoms with van der Waals surface area (Å²) in [5, 5.41) is 0.477. The first-order chi connectivity index (χ1) is 10.9. The van der Waals surface area contributed by atoms with Gasteiger partial charge in [-0.2, -0.15) is 0 Å². The second-order valence-electron chi connectivity index (χ2n) is 5.49. The molecule has 1 aromatic heterocycles. The summed E-state index contributed by atoms with van der Waals surface area (Å²) in [6, 6.07) is 5.94. The van der Waals surface area contributed by atoms with Gasteiger partial charge in [-0.25, -0.2) is 4.79 Å². The van der Waals surface area contributed by atoms with Crippen LogP contribution in [0.1, 0.15) is 24.8 Å². The van der Waals surface area contributed by atoms with Gasteiger partial charge in [-0.15, -0.1) is 0 Å². The minimum atomic E-state index is -4.28. The Morgan fingerprint density at radius 2 is 2.09 bits per heavy atom. The molecule has 1 atom stereocenters. The predicted octanol–water partition coefficient (Wildman–Crippen LogP) is 2.38. The summed E-state index contributed by atoms with van der Waals surface area (Å²) in [5.41, 5.74) is -0.175. The van der Waals surface area contributed by atoms with Gasteiger partial charge in [0.15, 0.2) is 6.29 Å². The molecular weight excluding hydrogens is 323 g/mol. The number of ether oxygens (including phenoxy) is 2. The molecule has 8 heteroatoms. The van der Waals surface area contributed by atoms with Crippen LogP contribution in [-0.4, -0.2) is 22.7 Å². The fourth-order valence-electron chi connectivity index (χ4n) is 2.59. The van der Waals surface area contributed by atoms with Crippen LogP contribution in [0.5, 0.6) is 5.75 Å². The third kappa shape index (κ3) is 4.20. The molecule has 124 valence electrons. The van der Waals surface area contributed by atoms with Crippen LogP contribution < -0.4 is 10.4 Å². The maximum absolute atomic E-state index is 11.6. The van der Waals surface area contributed by atoms with Gasteiger partial charge < -0.3 is 23.7 Å². The van der Waals surface area contributed by atoms with E-state index in [-0.39, 0.29) is 17.4 Å². The van der Waals surface area contributed by atoms with Crippen LogP contribution in [-0.2, 0) is 15.5 Å². The van der Waals surface area contributed by atoms with E-state index in [2.05, 4.69) is 0 Å². The van der Waals surface area contributed by atoms with Gasteiger partial charge >= 0.3 is 13.2 Å². The van der Waals surface area contributed by atoms with E-state index in [1.54, 1.807) is 12.1 Å². The molecule has 0 radical (unpaired) electrons. The molecular formula is C15H17O7P. The van der Waals surface area contributed by atoms with Gasteiger partial charge in [-0.3, -0.25) is 4.57 Å². The van der Waals surface area contributed by atoms with Crippen LogP contribution in [0.4, 0.5) is 0 Å². The largest absolute Gasteiger partial charge is 0.465 e.